The van der Waals surface area contributed by atoms with Crippen molar-refractivity contribution in [3.63, 3.8) is 0 Å². The molecule has 6 heteroatoms. The number of rotatable bonds is 0. The monoisotopic (exact) mass is 188 g/mol. The molecular formula is C7H10N4O2. The van der Waals surface area contributed by atoms with Crippen LogP contribution in [0.1, 0.15) is 8.22 Å². The van der Waals surface area contributed by atoms with Crippen LogP contribution in [0.2, 0.25) is 0 Å². The Morgan fingerprint density at radius 3 is 3.15 bits per heavy atom. The Bertz CT molecular complexity index is 457. The second-order valence-electron chi connectivity index (χ2n) is 2.69. The summed E-state index contributed by atoms with van der Waals surface area (Å²) in [6, 6.07) is -2.48. The molecule has 6 nitrogen and oxygen atoms in total. The van der Waals surface area contributed by atoms with Gasteiger partial charge in [-0.3, -0.25) is 10.1 Å². The summed E-state index contributed by atoms with van der Waals surface area (Å²) in [6.07, 6.45) is -0.492. The number of imide groups is 1. The molecular weight excluding hydrogens is 172 g/mol. The third-order valence-electron chi connectivity index (χ3n) is 1.91. The van der Waals surface area contributed by atoms with Crippen molar-refractivity contribution in [3.05, 3.63) is 0 Å². The Morgan fingerprint density at radius 2 is 2.46 bits per heavy atom. The first-order valence-corrected chi connectivity index (χ1v) is 3.49. The normalized spacial score (nSPS) is 40.9. The molecule has 13 heavy (non-hydrogen) atoms. The number of hydrogen-bond acceptors (Lipinski definition) is 4. The summed E-state index contributed by atoms with van der Waals surface area (Å²) < 4.78 is 43.5. The second kappa shape index (κ2) is 2.45. The lowest BCUT2D eigenvalue weighted by Crippen LogP contribution is -2.62. The van der Waals surface area contributed by atoms with Gasteiger partial charge in [-0.1, -0.05) is 0 Å². The van der Waals surface area contributed by atoms with Crippen LogP contribution < -0.4 is 5.32 Å². The minimum atomic E-state index is -2.82. The van der Waals surface area contributed by atoms with Crippen molar-refractivity contribution in [2.24, 2.45) is 4.99 Å². The van der Waals surface area contributed by atoms with Gasteiger partial charge in [0.05, 0.1) is 6.34 Å². The van der Waals surface area contributed by atoms with Crippen molar-refractivity contribution in [3.8, 4) is 0 Å². The number of carbonyl (C=O) groups is 2. The van der Waals surface area contributed by atoms with E-state index < -0.39 is 38.1 Å². The Labute approximate surface area is 83.6 Å². The van der Waals surface area contributed by atoms with Gasteiger partial charge in [0, 0.05) is 22.2 Å². The van der Waals surface area contributed by atoms with E-state index in [1.807, 2.05) is 5.32 Å². The van der Waals surface area contributed by atoms with Gasteiger partial charge in [-0.25, -0.2) is 9.79 Å². The van der Waals surface area contributed by atoms with Crippen LogP contribution in [0, 0.1) is 0 Å². The summed E-state index contributed by atoms with van der Waals surface area (Å²) in [5, 5.41) is 1.83. The standard InChI is InChI=1S/C7H10N4O2/c1-10-3-8-5-4(10)6(12)9-7(13)11(5)2/h3-5H,1-2H3,(H,9,12,13)/i1D3,2D3. The second-order valence-corrected chi connectivity index (χ2v) is 2.69. The van der Waals surface area contributed by atoms with Crippen molar-refractivity contribution >= 4 is 18.3 Å². The Hall–Kier alpha value is -1.59. The molecule has 1 fully saturated rings. The van der Waals surface area contributed by atoms with Gasteiger partial charge < -0.3 is 9.80 Å². The van der Waals surface area contributed by atoms with E-state index in [2.05, 4.69) is 4.99 Å². The maximum Gasteiger partial charge on any atom is 0.325 e. The van der Waals surface area contributed by atoms with E-state index in [0.717, 1.165) is 6.34 Å². The lowest BCUT2D eigenvalue weighted by atomic mass is 10.1. The molecule has 0 spiro atoms. The van der Waals surface area contributed by atoms with E-state index in [4.69, 9.17) is 8.22 Å². The summed E-state index contributed by atoms with van der Waals surface area (Å²) in [5.41, 5.74) is 0. The summed E-state index contributed by atoms with van der Waals surface area (Å²) in [5.74, 6) is -0.885. The van der Waals surface area contributed by atoms with E-state index in [0.29, 0.717) is 9.80 Å². The molecule has 0 aromatic carbocycles. The summed E-state index contributed by atoms with van der Waals surface area (Å²) >= 11 is 0. The lowest BCUT2D eigenvalue weighted by molar-refractivity contribution is -0.126. The molecule has 2 aliphatic heterocycles. The highest BCUT2D eigenvalue weighted by Crippen LogP contribution is 2.18. The fourth-order valence-corrected chi connectivity index (χ4v) is 1.27. The SMILES string of the molecule is [2H]C([2H])([2H])N1C=NC2C1C(=O)NC(=O)N2C([2H])([2H])[2H]. The van der Waals surface area contributed by atoms with E-state index in [9.17, 15) is 9.59 Å². The molecule has 0 aromatic heterocycles. The van der Waals surface area contributed by atoms with Gasteiger partial charge in [-0.2, -0.15) is 0 Å². The number of nitrogens with one attached hydrogen (secondary N) is 1. The summed E-state index contributed by atoms with van der Waals surface area (Å²) in [6.45, 7) is -5.48. The van der Waals surface area contributed by atoms with Gasteiger partial charge in [-0.15, -0.1) is 0 Å². The molecule has 2 unspecified atom stereocenters. The van der Waals surface area contributed by atoms with Gasteiger partial charge in [0.25, 0.3) is 5.91 Å². The van der Waals surface area contributed by atoms with Crippen molar-refractivity contribution in [1.29, 1.82) is 0 Å². The Kier molecular flexibility index (Phi) is 0.687. The van der Waals surface area contributed by atoms with E-state index in [-0.39, 0.29) is 0 Å². The Balaban J connectivity index is 2.39. The average molecular weight is 188 g/mol. The van der Waals surface area contributed by atoms with Gasteiger partial charge in [-0.05, 0) is 0 Å². The number of fused-ring (bicyclic) bond motifs is 1. The molecule has 2 rings (SSSR count). The van der Waals surface area contributed by atoms with Crippen LogP contribution in [0.4, 0.5) is 4.79 Å². The minimum Gasteiger partial charge on any atom is -0.351 e. The van der Waals surface area contributed by atoms with E-state index in [1.165, 1.54) is 0 Å². The smallest absolute Gasteiger partial charge is 0.325 e. The van der Waals surface area contributed by atoms with Crippen LogP contribution in [-0.2, 0) is 4.79 Å². The first-order chi connectivity index (χ1) is 8.53. The molecule has 2 heterocycles. The van der Waals surface area contributed by atoms with Crippen molar-refractivity contribution in [2.45, 2.75) is 12.2 Å². The molecule has 2 atom stereocenters. The fourth-order valence-electron chi connectivity index (χ4n) is 1.27. The number of urea groups is 1. The quantitative estimate of drug-likeness (QED) is 0.521. The highest BCUT2D eigenvalue weighted by Gasteiger charge is 2.43. The van der Waals surface area contributed by atoms with Gasteiger partial charge >= 0.3 is 6.03 Å². The predicted octanol–water partition coefficient (Wildman–Crippen LogP) is -1.16. The Morgan fingerprint density at radius 1 is 1.62 bits per heavy atom. The third kappa shape index (κ3) is 0.980. The predicted molar refractivity (Wildman–Crippen MR) is 45.1 cm³/mol. The van der Waals surface area contributed by atoms with Crippen molar-refractivity contribution in [2.75, 3.05) is 14.0 Å². The number of aliphatic imine (C=N–C) groups is 1. The van der Waals surface area contributed by atoms with Crippen LogP contribution in [0.25, 0.3) is 0 Å². The summed E-state index contributed by atoms with van der Waals surface area (Å²) in [7, 11) is 0. The maximum absolute atomic E-state index is 11.7. The molecule has 1 N–H and O–H groups in total. The average Bonchev–Trinajstić information content (AvgIpc) is 2.58. The molecule has 0 aliphatic carbocycles. The highest BCUT2D eigenvalue weighted by atomic mass is 16.2. The van der Waals surface area contributed by atoms with Gasteiger partial charge in [0.1, 0.15) is 0 Å². The largest absolute Gasteiger partial charge is 0.351 e. The zero-order valence-corrected chi connectivity index (χ0v) is 6.39. The lowest BCUT2D eigenvalue weighted by Gasteiger charge is -2.34. The summed E-state index contributed by atoms with van der Waals surface area (Å²) in [4.78, 5) is 28.0. The minimum absolute atomic E-state index is 0.390. The van der Waals surface area contributed by atoms with Crippen LogP contribution >= 0.6 is 0 Å². The van der Waals surface area contributed by atoms with Crippen LogP contribution in [-0.4, -0.2) is 54.2 Å². The number of nitrogens with zero attached hydrogens (tertiary/aromatic N) is 3. The molecule has 0 saturated carbocycles. The van der Waals surface area contributed by atoms with Crippen LogP contribution in [0.3, 0.4) is 0 Å². The molecule has 3 amide bonds. The molecule has 1 saturated heterocycles. The molecule has 0 radical (unpaired) electrons. The zero-order valence-electron chi connectivity index (χ0n) is 12.4. The molecule has 0 aromatic rings. The fraction of sp³-hybridized carbons (Fsp3) is 0.571. The van der Waals surface area contributed by atoms with Crippen molar-refractivity contribution < 1.29 is 17.8 Å². The zero-order chi connectivity index (χ0) is 14.6. The molecule has 0 bridgehead atoms. The maximum atomic E-state index is 11.7. The number of likely N-dealkylation sites (N-methyl/N-ethyl adjacent to an activating group) is 2. The molecule has 70 valence electrons. The topological polar surface area (TPSA) is 65.0 Å². The van der Waals surface area contributed by atoms with Gasteiger partial charge in [0.15, 0.2) is 12.2 Å². The van der Waals surface area contributed by atoms with Crippen LogP contribution in [0.15, 0.2) is 4.99 Å². The van der Waals surface area contributed by atoms with Crippen molar-refractivity contribution in [1.82, 2.24) is 15.1 Å². The highest BCUT2D eigenvalue weighted by molar-refractivity contribution is 6.01. The first kappa shape index (κ1) is 3.65. The van der Waals surface area contributed by atoms with Crippen LogP contribution in [0.5, 0.6) is 0 Å². The van der Waals surface area contributed by atoms with E-state index in [1.54, 1.807) is 0 Å². The number of carbonyl (C=O) groups excluding carboxylic acids is 2. The number of hydrogen-bond donors (Lipinski definition) is 1. The van der Waals surface area contributed by atoms with E-state index >= 15 is 0 Å². The third-order valence-corrected chi connectivity index (χ3v) is 1.91. The number of amides is 3. The first-order valence-electron chi connectivity index (χ1n) is 6.49. The van der Waals surface area contributed by atoms with Gasteiger partial charge in [0.2, 0.25) is 0 Å². The molecule has 2 aliphatic rings.